The van der Waals surface area contributed by atoms with Gasteiger partial charge in [0.15, 0.2) is 11.5 Å². The molecule has 0 aromatic heterocycles. The summed E-state index contributed by atoms with van der Waals surface area (Å²) in [5.41, 5.74) is 2.08. The summed E-state index contributed by atoms with van der Waals surface area (Å²) in [6.07, 6.45) is 0.550. The van der Waals surface area contributed by atoms with Gasteiger partial charge < -0.3 is 24.2 Å². The molecule has 7 heteroatoms. The molecule has 0 saturated carbocycles. The Morgan fingerprint density at radius 3 is 2.27 bits per heavy atom. The van der Waals surface area contributed by atoms with E-state index >= 15 is 0 Å². The van der Waals surface area contributed by atoms with Crippen LogP contribution in [0.3, 0.4) is 0 Å². The molecule has 2 aliphatic heterocycles. The summed E-state index contributed by atoms with van der Waals surface area (Å²) in [5, 5.41) is 11.5. The smallest absolute Gasteiger partial charge is 0.295 e. The van der Waals surface area contributed by atoms with Crippen molar-refractivity contribution in [1.29, 1.82) is 0 Å². The summed E-state index contributed by atoms with van der Waals surface area (Å²) in [6.45, 7) is 1.11. The van der Waals surface area contributed by atoms with Crippen molar-refractivity contribution in [2.75, 3.05) is 19.8 Å². The number of ketones is 1. The van der Waals surface area contributed by atoms with Crippen LogP contribution in [0, 0.1) is 0 Å². The summed E-state index contributed by atoms with van der Waals surface area (Å²) in [7, 11) is 0. The number of nitrogens with zero attached hydrogens (tertiary/aromatic N) is 1. The Bertz CT molecular complexity index is 1580. The van der Waals surface area contributed by atoms with Gasteiger partial charge >= 0.3 is 0 Å². The Morgan fingerprint density at radius 1 is 0.800 bits per heavy atom. The molecule has 2 aliphatic rings. The molecular weight excluding hydrogens is 506 g/mol. The highest BCUT2D eigenvalue weighted by molar-refractivity contribution is 6.46. The van der Waals surface area contributed by atoms with E-state index in [4.69, 9.17) is 14.2 Å². The first-order valence-electron chi connectivity index (χ1n) is 13.1. The number of para-hydroxylation sites is 1. The third-order valence-corrected chi connectivity index (χ3v) is 6.99. The van der Waals surface area contributed by atoms with Gasteiger partial charge in [0.05, 0.1) is 11.6 Å². The van der Waals surface area contributed by atoms with Crippen LogP contribution < -0.4 is 14.2 Å². The molecule has 1 fully saturated rings. The fourth-order valence-electron chi connectivity index (χ4n) is 5.07. The van der Waals surface area contributed by atoms with Gasteiger partial charge in [-0.05, 0) is 60.0 Å². The van der Waals surface area contributed by atoms with Crippen molar-refractivity contribution >= 4 is 17.4 Å². The Balaban J connectivity index is 1.41. The van der Waals surface area contributed by atoms with Crippen LogP contribution in [0.5, 0.6) is 23.0 Å². The van der Waals surface area contributed by atoms with E-state index < -0.39 is 17.7 Å². The van der Waals surface area contributed by atoms with E-state index in [0.717, 1.165) is 5.56 Å². The molecule has 0 spiro atoms. The van der Waals surface area contributed by atoms with Crippen LogP contribution in [0.1, 0.15) is 22.7 Å². The minimum Gasteiger partial charge on any atom is -0.507 e. The Labute approximate surface area is 231 Å². The fourth-order valence-corrected chi connectivity index (χ4v) is 5.07. The topological polar surface area (TPSA) is 85.3 Å². The molecule has 200 valence electrons. The molecule has 40 heavy (non-hydrogen) atoms. The predicted molar refractivity (Wildman–Crippen MR) is 150 cm³/mol. The first-order chi connectivity index (χ1) is 19.6. The normalized spacial score (nSPS) is 17.6. The average Bonchev–Trinajstić information content (AvgIpc) is 3.25. The molecule has 4 aromatic carbocycles. The van der Waals surface area contributed by atoms with Crippen molar-refractivity contribution in [3.8, 4) is 23.0 Å². The van der Waals surface area contributed by atoms with E-state index in [-0.39, 0.29) is 11.3 Å². The molecule has 7 nitrogen and oxygen atoms in total. The summed E-state index contributed by atoms with van der Waals surface area (Å²) in [6, 6.07) is 30.6. The Morgan fingerprint density at radius 2 is 1.50 bits per heavy atom. The molecule has 4 aromatic rings. The lowest BCUT2D eigenvalue weighted by molar-refractivity contribution is -0.139. The third kappa shape index (κ3) is 5.01. The van der Waals surface area contributed by atoms with Crippen molar-refractivity contribution in [3.63, 3.8) is 0 Å². The SMILES string of the molecule is O=C1C(=O)N(CCc2ccccc2)[C@H](c2cccc(Oc3ccccc3)c2)/C1=C(\O)c1ccc2c(c1)OCCO2. The monoisotopic (exact) mass is 533 g/mol. The van der Waals surface area contributed by atoms with E-state index in [9.17, 15) is 14.7 Å². The van der Waals surface area contributed by atoms with E-state index in [0.29, 0.717) is 60.3 Å². The van der Waals surface area contributed by atoms with Crippen molar-refractivity contribution in [2.24, 2.45) is 0 Å². The summed E-state index contributed by atoms with van der Waals surface area (Å²) in [5.74, 6) is 0.591. The lowest BCUT2D eigenvalue weighted by Gasteiger charge is -2.26. The molecule has 0 radical (unpaired) electrons. The highest BCUT2D eigenvalue weighted by Gasteiger charge is 2.46. The number of hydrogen-bond donors (Lipinski definition) is 1. The van der Waals surface area contributed by atoms with Gasteiger partial charge in [0.1, 0.15) is 30.5 Å². The number of amides is 1. The van der Waals surface area contributed by atoms with Crippen LogP contribution in [0.2, 0.25) is 0 Å². The largest absolute Gasteiger partial charge is 0.507 e. The number of aliphatic hydroxyl groups excluding tert-OH is 1. The van der Waals surface area contributed by atoms with Crippen molar-refractivity contribution in [1.82, 2.24) is 4.90 Å². The summed E-state index contributed by atoms with van der Waals surface area (Å²) >= 11 is 0. The van der Waals surface area contributed by atoms with Crippen molar-refractivity contribution < 1.29 is 28.9 Å². The molecule has 0 unspecified atom stereocenters. The molecular formula is C33H27NO6. The van der Waals surface area contributed by atoms with Gasteiger partial charge in [-0.25, -0.2) is 0 Å². The first kappa shape index (κ1) is 25.2. The van der Waals surface area contributed by atoms with E-state index in [1.54, 1.807) is 24.3 Å². The molecule has 1 amide bonds. The van der Waals surface area contributed by atoms with Crippen LogP contribution in [0.15, 0.2) is 109 Å². The van der Waals surface area contributed by atoms with Gasteiger partial charge in [-0.2, -0.15) is 0 Å². The zero-order chi connectivity index (χ0) is 27.5. The zero-order valence-corrected chi connectivity index (χ0v) is 21.7. The third-order valence-electron chi connectivity index (χ3n) is 6.99. The second-order valence-corrected chi connectivity index (χ2v) is 9.57. The fraction of sp³-hybridized carbons (Fsp3) is 0.152. The number of hydrogen-bond acceptors (Lipinski definition) is 6. The number of Topliss-reactive ketones (excluding diaryl/α,β-unsaturated/α-hetero) is 1. The van der Waals surface area contributed by atoms with Gasteiger partial charge in [-0.15, -0.1) is 0 Å². The molecule has 1 N–H and O–H groups in total. The van der Waals surface area contributed by atoms with Crippen LogP contribution in [-0.2, 0) is 16.0 Å². The number of likely N-dealkylation sites (tertiary alicyclic amines) is 1. The molecule has 0 aliphatic carbocycles. The molecule has 6 rings (SSSR count). The maximum atomic E-state index is 13.5. The van der Waals surface area contributed by atoms with Gasteiger partial charge in [0.2, 0.25) is 0 Å². The van der Waals surface area contributed by atoms with E-state index in [1.165, 1.54) is 4.90 Å². The Hall–Kier alpha value is -5.04. The van der Waals surface area contributed by atoms with Crippen LogP contribution >= 0.6 is 0 Å². The average molecular weight is 534 g/mol. The van der Waals surface area contributed by atoms with E-state index in [2.05, 4.69) is 0 Å². The van der Waals surface area contributed by atoms with Gasteiger partial charge in [-0.3, -0.25) is 9.59 Å². The maximum Gasteiger partial charge on any atom is 0.295 e. The van der Waals surface area contributed by atoms with Crippen molar-refractivity contribution in [3.05, 3.63) is 125 Å². The highest BCUT2D eigenvalue weighted by Crippen LogP contribution is 2.42. The number of benzene rings is 4. The second kappa shape index (κ2) is 11.0. The number of fused-ring (bicyclic) bond motifs is 1. The van der Waals surface area contributed by atoms with Gasteiger partial charge in [-0.1, -0.05) is 60.7 Å². The lowest BCUT2D eigenvalue weighted by Crippen LogP contribution is -2.31. The van der Waals surface area contributed by atoms with Crippen molar-refractivity contribution in [2.45, 2.75) is 12.5 Å². The predicted octanol–water partition coefficient (Wildman–Crippen LogP) is 5.91. The molecule has 2 heterocycles. The zero-order valence-electron chi connectivity index (χ0n) is 21.7. The molecule has 1 atom stereocenters. The second-order valence-electron chi connectivity index (χ2n) is 9.57. The maximum absolute atomic E-state index is 13.5. The summed E-state index contributed by atoms with van der Waals surface area (Å²) < 4.78 is 17.3. The number of carbonyl (C=O) groups is 2. The summed E-state index contributed by atoms with van der Waals surface area (Å²) in [4.78, 5) is 28.4. The minimum atomic E-state index is -0.809. The van der Waals surface area contributed by atoms with E-state index in [1.807, 2.05) is 78.9 Å². The Kier molecular flexibility index (Phi) is 6.93. The van der Waals surface area contributed by atoms with Crippen LogP contribution in [0.4, 0.5) is 0 Å². The standard InChI is InChI=1S/C33H27NO6/c35-31(24-14-15-27-28(21-24)39-19-18-38-27)29-30(23-10-7-13-26(20-23)40-25-11-5-2-6-12-25)34(33(37)32(29)36)17-16-22-8-3-1-4-9-22/h1-15,20-21,30,35H,16-19H2/b31-29+/t30-/m1/s1. The number of carbonyl (C=O) groups excluding carboxylic acids is 2. The minimum absolute atomic E-state index is 0.0200. The van der Waals surface area contributed by atoms with Gasteiger partial charge in [0, 0.05) is 12.1 Å². The first-order valence-corrected chi connectivity index (χ1v) is 13.1. The molecule has 0 bridgehead atoms. The van der Waals surface area contributed by atoms with Crippen LogP contribution in [-0.4, -0.2) is 41.5 Å². The van der Waals surface area contributed by atoms with Crippen LogP contribution in [0.25, 0.3) is 5.76 Å². The lowest BCUT2D eigenvalue weighted by atomic mass is 9.95. The highest BCUT2D eigenvalue weighted by atomic mass is 16.6. The number of rotatable bonds is 7. The number of aliphatic hydroxyl groups is 1. The quantitative estimate of drug-likeness (QED) is 0.181. The van der Waals surface area contributed by atoms with Gasteiger partial charge in [0.25, 0.3) is 11.7 Å². The number of ether oxygens (including phenoxy) is 3. The molecule has 1 saturated heterocycles.